The molecule has 8 nitrogen and oxygen atoms in total. The SMILES string of the molecule is CCOC(=O)c1cc(C(=O)c2ccc(Cl)cc2)n2cnc(-c3cc(OC)c(OC)c(OC)c3)cc12. The summed E-state index contributed by atoms with van der Waals surface area (Å²) in [5, 5.41) is 0.519. The minimum absolute atomic E-state index is 0.196. The Bertz CT molecular complexity index is 1390. The van der Waals surface area contributed by atoms with E-state index >= 15 is 0 Å². The van der Waals surface area contributed by atoms with Crippen LogP contribution in [0.25, 0.3) is 16.8 Å². The molecule has 0 atom stereocenters. The molecule has 9 heteroatoms. The summed E-state index contributed by atoms with van der Waals surface area (Å²) in [5.41, 5.74) is 2.63. The van der Waals surface area contributed by atoms with E-state index in [1.54, 1.807) is 53.8 Å². The average Bonchev–Trinajstić information content (AvgIpc) is 3.27. The molecular weight excluding hydrogens is 472 g/mol. The van der Waals surface area contributed by atoms with Crippen LogP contribution in [-0.4, -0.2) is 49.1 Å². The van der Waals surface area contributed by atoms with Crippen LogP contribution in [0.4, 0.5) is 0 Å². The quantitative estimate of drug-likeness (QED) is 0.249. The predicted molar refractivity (Wildman–Crippen MR) is 131 cm³/mol. The van der Waals surface area contributed by atoms with Gasteiger partial charge in [-0.25, -0.2) is 9.78 Å². The number of fused-ring (bicyclic) bond motifs is 1. The highest BCUT2D eigenvalue weighted by Crippen LogP contribution is 2.41. The molecule has 2 aromatic heterocycles. The molecule has 0 aliphatic carbocycles. The summed E-state index contributed by atoms with van der Waals surface area (Å²) in [6.45, 7) is 1.92. The fourth-order valence-corrected chi connectivity index (χ4v) is 3.91. The van der Waals surface area contributed by atoms with Gasteiger partial charge in [0, 0.05) is 16.1 Å². The summed E-state index contributed by atoms with van der Waals surface area (Å²) in [6.07, 6.45) is 1.50. The largest absolute Gasteiger partial charge is 0.493 e. The van der Waals surface area contributed by atoms with Gasteiger partial charge in [0.05, 0.1) is 50.4 Å². The number of benzene rings is 2. The minimum atomic E-state index is -0.540. The van der Waals surface area contributed by atoms with Crippen molar-refractivity contribution in [1.82, 2.24) is 9.38 Å². The molecule has 0 radical (unpaired) electrons. The van der Waals surface area contributed by atoms with Gasteiger partial charge in [-0.3, -0.25) is 9.20 Å². The molecule has 35 heavy (non-hydrogen) atoms. The molecule has 180 valence electrons. The second-order valence-electron chi connectivity index (χ2n) is 7.44. The van der Waals surface area contributed by atoms with Gasteiger partial charge in [0.2, 0.25) is 11.5 Å². The van der Waals surface area contributed by atoms with Crippen molar-refractivity contribution >= 4 is 28.9 Å². The summed E-state index contributed by atoms with van der Waals surface area (Å²) in [7, 11) is 4.58. The van der Waals surface area contributed by atoms with E-state index in [0.29, 0.717) is 44.6 Å². The van der Waals surface area contributed by atoms with Gasteiger partial charge in [-0.2, -0.15) is 0 Å². The third kappa shape index (κ3) is 4.52. The van der Waals surface area contributed by atoms with E-state index in [-0.39, 0.29) is 23.6 Å². The zero-order valence-electron chi connectivity index (χ0n) is 19.6. The van der Waals surface area contributed by atoms with Gasteiger partial charge in [-0.05, 0) is 55.5 Å². The summed E-state index contributed by atoms with van der Waals surface area (Å²) in [5.74, 6) is 0.550. The highest BCUT2D eigenvalue weighted by atomic mass is 35.5. The van der Waals surface area contributed by atoms with Crippen molar-refractivity contribution < 1.29 is 28.5 Å². The van der Waals surface area contributed by atoms with Crippen LogP contribution >= 0.6 is 11.6 Å². The Balaban J connectivity index is 1.89. The Kier molecular flexibility index (Phi) is 6.93. The lowest BCUT2D eigenvalue weighted by atomic mass is 10.1. The van der Waals surface area contributed by atoms with Crippen LogP contribution in [0.2, 0.25) is 5.02 Å². The fourth-order valence-electron chi connectivity index (χ4n) is 3.78. The molecular formula is C26H23ClN2O6. The number of ether oxygens (including phenoxy) is 4. The molecule has 0 bridgehead atoms. The average molecular weight is 495 g/mol. The number of hydrogen-bond acceptors (Lipinski definition) is 7. The first-order chi connectivity index (χ1) is 16.9. The van der Waals surface area contributed by atoms with Crippen molar-refractivity contribution in [3.05, 3.63) is 76.7 Å². The summed E-state index contributed by atoms with van der Waals surface area (Å²) < 4.78 is 23.1. The van der Waals surface area contributed by atoms with Gasteiger partial charge >= 0.3 is 5.97 Å². The fraction of sp³-hybridized carbons (Fsp3) is 0.192. The van der Waals surface area contributed by atoms with Gasteiger partial charge in [-0.15, -0.1) is 0 Å². The van der Waals surface area contributed by atoms with E-state index in [4.69, 9.17) is 30.5 Å². The number of nitrogens with zero attached hydrogens (tertiary/aromatic N) is 2. The number of carbonyl (C=O) groups is 2. The van der Waals surface area contributed by atoms with E-state index in [0.717, 1.165) is 0 Å². The van der Waals surface area contributed by atoms with Crippen LogP contribution in [0.5, 0.6) is 17.2 Å². The van der Waals surface area contributed by atoms with Crippen molar-refractivity contribution in [1.29, 1.82) is 0 Å². The minimum Gasteiger partial charge on any atom is -0.493 e. The predicted octanol–water partition coefficient (Wildman–Crippen LogP) is 5.09. The second-order valence-corrected chi connectivity index (χ2v) is 7.88. The molecule has 0 N–H and O–H groups in total. The number of aromatic nitrogens is 2. The number of methoxy groups -OCH3 is 3. The van der Waals surface area contributed by atoms with Gasteiger partial charge in [0.25, 0.3) is 0 Å². The molecule has 0 saturated heterocycles. The Hall–Kier alpha value is -4.04. The molecule has 4 aromatic rings. The Morgan fingerprint density at radius 3 is 2.17 bits per heavy atom. The Morgan fingerprint density at radius 2 is 1.60 bits per heavy atom. The standard InChI is InChI=1S/C26H23ClN2O6/c1-5-35-26(31)18-12-21(24(30)15-6-8-17(27)9-7-15)29-14-28-19(13-20(18)29)16-10-22(32-2)25(34-4)23(11-16)33-3/h6-14H,5H2,1-4H3. The third-order valence-corrected chi connectivity index (χ3v) is 5.71. The monoisotopic (exact) mass is 494 g/mol. The highest BCUT2D eigenvalue weighted by Gasteiger charge is 2.23. The molecule has 0 spiro atoms. The van der Waals surface area contributed by atoms with Crippen LogP contribution < -0.4 is 14.2 Å². The zero-order chi connectivity index (χ0) is 25.1. The summed E-state index contributed by atoms with van der Waals surface area (Å²) in [6, 6.07) is 13.3. The van der Waals surface area contributed by atoms with Crippen LogP contribution in [0.1, 0.15) is 33.3 Å². The number of esters is 1. The normalized spacial score (nSPS) is 10.8. The number of hydrogen-bond donors (Lipinski definition) is 0. The lowest BCUT2D eigenvalue weighted by Crippen LogP contribution is -2.05. The lowest BCUT2D eigenvalue weighted by Gasteiger charge is -2.14. The van der Waals surface area contributed by atoms with E-state index in [1.165, 1.54) is 33.7 Å². The molecule has 0 aliphatic heterocycles. The van der Waals surface area contributed by atoms with Crippen LogP contribution in [0.15, 0.2) is 54.9 Å². The number of ketones is 1. The van der Waals surface area contributed by atoms with Gasteiger partial charge < -0.3 is 18.9 Å². The molecule has 4 rings (SSSR count). The van der Waals surface area contributed by atoms with E-state index in [1.807, 2.05) is 0 Å². The van der Waals surface area contributed by atoms with Crippen molar-refractivity contribution in [2.24, 2.45) is 0 Å². The van der Waals surface area contributed by atoms with Crippen LogP contribution in [0.3, 0.4) is 0 Å². The summed E-state index contributed by atoms with van der Waals surface area (Å²) >= 11 is 5.96. The topological polar surface area (TPSA) is 88.4 Å². The Morgan fingerprint density at radius 1 is 0.943 bits per heavy atom. The summed E-state index contributed by atoms with van der Waals surface area (Å²) in [4.78, 5) is 30.6. The first-order valence-corrected chi connectivity index (χ1v) is 11.1. The molecule has 2 aromatic carbocycles. The molecule has 2 heterocycles. The van der Waals surface area contributed by atoms with E-state index in [9.17, 15) is 9.59 Å². The van der Waals surface area contributed by atoms with Crippen molar-refractivity contribution in [2.45, 2.75) is 6.92 Å². The van der Waals surface area contributed by atoms with Crippen molar-refractivity contribution in [3.8, 4) is 28.5 Å². The van der Waals surface area contributed by atoms with Crippen molar-refractivity contribution in [3.63, 3.8) is 0 Å². The van der Waals surface area contributed by atoms with E-state index < -0.39 is 5.97 Å². The number of rotatable bonds is 8. The molecule has 0 amide bonds. The maximum Gasteiger partial charge on any atom is 0.340 e. The molecule has 0 unspecified atom stereocenters. The smallest absolute Gasteiger partial charge is 0.340 e. The third-order valence-electron chi connectivity index (χ3n) is 5.46. The number of halogens is 1. The maximum absolute atomic E-state index is 13.3. The van der Waals surface area contributed by atoms with Gasteiger partial charge in [0.1, 0.15) is 6.33 Å². The van der Waals surface area contributed by atoms with Crippen LogP contribution in [-0.2, 0) is 4.74 Å². The molecule has 0 fully saturated rings. The van der Waals surface area contributed by atoms with E-state index in [2.05, 4.69) is 4.98 Å². The maximum atomic E-state index is 13.3. The van der Waals surface area contributed by atoms with Gasteiger partial charge in [-0.1, -0.05) is 11.6 Å². The Labute approximate surface area is 207 Å². The number of carbonyl (C=O) groups excluding carboxylic acids is 2. The van der Waals surface area contributed by atoms with Crippen LogP contribution in [0, 0.1) is 0 Å². The molecule has 0 saturated carbocycles. The first-order valence-electron chi connectivity index (χ1n) is 10.7. The molecule has 0 aliphatic rings. The zero-order valence-corrected chi connectivity index (χ0v) is 20.4. The highest BCUT2D eigenvalue weighted by molar-refractivity contribution is 6.30. The second kappa shape index (κ2) is 10.1. The first kappa shape index (κ1) is 24.1. The van der Waals surface area contributed by atoms with Crippen molar-refractivity contribution in [2.75, 3.05) is 27.9 Å². The van der Waals surface area contributed by atoms with Gasteiger partial charge in [0.15, 0.2) is 11.5 Å². The lowest BCUT2D eigenvalue weighted by molar-refractivity contribution is 0.0529.